The molecule has 0 amide bonds. The molecule has 218 valence electrons. The molecule has 1 fully saturated rings. The van der Waals surface area contributed by atoms with Gasteiger partial charge >= 0.3 is 7.12 Å². The van der Waals surface area contributed by atoms with Gasteiger partial charge in [0.05, 0.1) is 28.2 Å². The molecule has 3 aromatic carbocycles. The van der Waals surface area contributed by atoms with Crippen molar-refractivity contribution in [2.45, 2.75) is 78.8 Å². The fourth-order valence-electron chi connectivity index (χ4n) is 5.83. The van der Waals surface area contributed by atoms with Gasteiger partial charge in [-0.05, 0) is 102 Å². The molecule has 42 heavy (non-hydrogen) atoms. The lowest BCUT2D eigenvalue weighted by atomic mass is 9.77. The molecule has 6 rings (SSSR count). The topological polar surface area (TPSA) is 63.9 Å². The van der Waals surface area contributed by atoms with Crippen LogP contribution in [0.1, 0.15) is 68.5 Å². The van der Waals surface area contributed by atoms with E-state index in [0.717, 1.165) is 33.4 Å². The Morgan fingerprint density at radius 2 is 1.67 bits per heavy atom. The number of benzene rings is 3. The SMILES string of the molecule is Cc1cc([C@H](C)Nc2ccc(Cl)cc2B2OC(C)(C)C(C)(C)O2)c2oc(N3Cc4ccc(F)cc4C3)c(C)c(=O)c2c1. The Morgan fingerprint density at radius 1 is 0.976 bits per heavy atom. The van der Waals surface area contributed by atoms with Crippen molar-refractivity contribution in [3.63, 3.8) is 0 Å². The standard InChI is InChI=1S/C33H35BClFN2O4/c1-18-12-25(20(3)37-28-11-9-23(35)15-27(28)34-41-32(4,5)33(6,7)42-34)30-26(13-18)29(39)19(2)31(40-30)38-16-21-8-10-24(36)14-22(21)17-38/h8-15,20,37H,16-17H2,1-7H3/t20-/m0/s1. The van der Waals surface area contributed by atoms with Gasteiger partial charge < -0.3 is 23.9 Å². The van der Waals surface area contributed by atoms with Gasteiger partial charge in [0, 0.05) is 34.8 Å². The van der Waals surface area contributed by atoms with Crippen LogP contribution in [0.2, 0.25) is 5.02 Å². The van der Waals surface area contributed by atoms with Crippen LogP contribution in [0.15, 0.2) is 57.7 Å². The van der Waals surface area contributed by atoms with E-state index in [1.54, 1.807) is 19.1 Å². The molecule has 2 aliphatic heterocycles. The minimum atomic E-state index is -0.605. The van der Waals surface area contributed by atoms with Crippen molar-refractivity contribution in [1.82, 2.24) is 0 Å². The van der Waals surface area contributed by atoms with E-state index in [9.17, 15) is 9.18 Å². The highest BCUT2D eigenvalue weighted by atomic mass is 35.5. The van der Waals surface area contributed by atoms with E-state index in [1.807, 2.05) is 76.8 Å². The number of halogens is 2. The zero-order chi connectivity index (χ0) is 30.1. The second-order valence-corrected chi connectivity index (χ2v) is 13.0. The summed E-state index contributed by atoms with van der Waals surface area (Å²) in [6.45, 7) is 14.9. The van der Waals surface area contributed by atoms with Crippen LogP contribution in [0.4, 0.5) is 16.0 Å². The molecule has 0 aliphatic carbocycles. The van der Waals surface area contributed by atoms with E-state index in [1.165, 1.54) is 6.07 Å². The number of fused-ring (bicyclic) bond motifs is 2. The monoisotopic (exact) mass is 588 g/mol. The minimum Gasteiger partial charge on any atom is -0.440 e. The molecule has 9 heteroatoms. The Bertz CT molecular complexity index is 1770. The fourth-order valence-corrected chi connectivity index (χ4v) is 6.01. The van der Waals surface area contributed by atoms with Crippen molar-refractivity contribution in [1.29, 1.82) is 0 Å². The van der Waals surface area contributed by atoms with Gasteiger partial charge in [0.2, 0.25) is 5.88 Å². The summed E-state index contributed by atoms with van der Waals surface area (Å²) in [4.78, 5) is 15.7. The Labute approximate surface area is 250 Å². The maximum absolute atomic E-state index is 13.9. The first-order valence-corrected chi connectivity index (χ1v) is 14.6. The van der Waals surface area contributed by atoms with Gasteiger partial charge in [-0.25, -0.2) is 4.39 Å². The number of hydrogen-bond donors (Lipinski definition) is 1. The van der Waals surface area contributed by atoms with Crippen LogP contribution >= 0.6 is 11.6 Å². The summed E-state index contributed by atoms with van der Waals surface area (Å²) in [5, 5.41) is 4.72. The summed E-state index contributed by atoms with van der Waals surface area (Å²) in [5.74, 6) is 0.234. The fraction of sp³-hybridized carbons (Fsp3) is 0.364. The smallest absolute Gasteiger partial charge is 0.440 e. The predicted molar refractivity (Wildman–Crippen MR) is 167 cm³/mol. The zero-order valence-corrected chi connectivity index (χ0v) is 25.8. The van der Waals surface area contributed by atoms with Crippen molar-refractivity contribution in [3.05, 3.63) is 97.4 Å². The maximum Gasteiger partial charge on any atom is 0.497 e. The zero-order valence-electron chi connectivity index (χ0n) is 25.0. The first-order valence-electron chi connectivity index (χ1n) is 14.3. The summed E-state index contributed by atoms with van der Waals surface area (Å²) < 4.78 is 33.2. The summed E-state index contributed by atoms with van der Waals surface area (Å²) in [5.41, 5.74) is 5.31. The molecule has 1 saturated heterocycles. The molecular formula is C33H35BClFN2O4. The van der Waals surface area contributed by atoms with Crippen molar-refractivity contribution in [2.75, 3.05) is 10.2 Å². The molecule has 0 unspecified atom stereocenters. The van der Waals surface area contributed by atoms with Crippen LogP contribution in [0.5, 0.6) is 0 Å². The number of hydrogen-bond acceptors (Lipinski definition) is 6. The number of nitrogens with one attached hydrogen (secondary N) is 1. The van der Waals surface area contributed by atoms with Crippen LogP contribution in [-0.2, 0) is 22.4 Å². The van der Waals surface area contributed by atoms with Gasteiger partial charge in [0.15, 0.2) is 5.43 Å². The van der Waals surface area contributed by atoms with E-state index in [2.05, 4.69) is 5.32 Å². The van der Waals surface area contributed by atoms with Crippen molar-refractivity contribution < 1.29 is 18.1 Å². The Balaban J connectivity index is 1.39. The molecule has 1 aromatic heterocycles. The van der Waals surface area contributed by atoms with Crippen LogP contribution in [-0.4, -0.2) is 18.3 Å². The molecule has 0 spiro atoms. The summed E-state index contributed by atoms with van der Waals surface area (Å²) in [6, 6.07) is 14.1. The highest BCUT2D eigenvalue weighted by molar-refractivity contribution is 6.64. The molecule has 0 radical (unpaired) electrons. The Morgan fingerprint density at radius 3 is 2.38 bits per heavy atom. The lowest BCUT2D eigenvalue weighted by Gasteiger charge is -2.32. The molecule has 1 N–H and O–H groups in total. The average Bonchev–Trinajstić information content (AvgIpc) is 3.42. The molecular weight excluding hydrogens is 554 g/mol. The molecule has 0 saturated carbocycles. The highest BCUT2D eigenvalue weighted by Gasteiger charge is 2.52. The highest BCUT2D eigenvalue weighted by Crippen LogP contribution is 2.38. The van der Waals surface area contributed by atoms with Crippen molar-refractivity contribution in [3.8, 4) is 0 Å². The van der Waals surface area contributed by atoms with Crippen LogP contribution in [0.25, 0.3) is 11.0 Å². The van der Waals surface area contributed by atoms with Gasteiger partial charge in [0.25, 0.3) is 0 Å². The molecule has 2 aliphatic rings. The van der Waals surface area contributed by atoms with E-state index in [4.69, 9.17) is 25.3 Å². The van der Waals surface area contributed by atoms with Crippen LogP contribution in [0.3, 0.4) is 0 Å². The van der Waals surface area contributed by atoms with Gasteiger partial charge in [0.1, 0.15) is 11.4 Å². The molecule has 1 atom stereocenters. The predicted octanol–water partition coefficient (Wildman–Crippen LogP) is 7.19. The maximum atomic E-state index is 13.9. The third-order valence-corrected chi connectivity index (χ3v) is 9.14. The second kappa shape index (κ2) is 10.1. The average molecular weight is 589 g/mol. The second-order valence-electron chi connectivity index (χ2n) is 12.5. The lowest BCUT2D eigenvalue weighted by molar-refractivity contribution is 0.00578. The number of nitrogens with zero attached hydrogens (tertiary/aromatic N) is 1. The number of anilines is 2. The van der Waals surface area contributed by atoms with Crippen LogP contribution < -0.4 is 21.1 Å². The van der Waals surface area contributed by atoms with E-state index in [-0.39, 0.29) is 17.3 Å². The third-order valence-electron chi connectivity index (χ3n) is 8.90. The van der Waals surface area contributed by atoms with E-state index >= 15 is 0 Å². The van der Waals surface area contributed by atoms with E-state index < -0.39 is 18.3 Å². The third kappa shape index (κ3) is 4.89. The molecule has 0 bridgehead atoms. The first-order chi connectivity index (χ1) is 19.7. The molecule has 4 aromatic rings. The molecule has 3 heterocycles. The summed E-state index contributed by atoms with van der Waals surface area (Å²) >= 11 is 6.43. The normalized spacial score (nSPS) is 18.0. The van der Waals surface area contributed by atoms with Gasteiger partial charge in [-0.3, -0.25) is 4.79 Å². The largest absolute Gasteiger partial charge is 0.497 e. The van der Waals surface area contributed by atoms with E-state index in [0.29, 0.717) is 40.5 Å². The summed E-state index contributed by atoms with van der Waals surface area (Å²) in [6.07, 6.45) is 0. The lowest BCUT2D eigenvalue weighted by Crippen LogP contribution is -2.41. The quantitative estimate of drug-likeness (QED) is 0.249. The Kier molecular flexibility index (Phi) is 6.95. The van der Waals surface area contributed by atoms with Gasteiger partial charge in [-0.2, -0.15) is 0 Å². The Hall–Kier alpha value is -3.33. The number of rotatable bonds is 5. The number of aryl methyl sites for hydroxylation is 1. The van der Waals surface area contributed by atoms with Crippen molar-refractivity contribution in [2.24, 2.45) is 0 Å². The first kappa shape index (κ1) is 28.8. The van der Waals surface area contributed by atoms with Crippen molar-refractivity contribution >= 4 is 46.7 Å². The van der Waals surface area contributed by atoms with Crippen LogP contribution in [0, 0.1) is 19.7 Å². The summed E-state index contributed by atoms with van der Waals surface area (Å²) in [7, 11) is -0.605. The molecule has 6 nitrogen and oxygen atoms in total. The van der Waals surface area contributed by atoms with Gasteiger partial charge in [-0.15, -0.1) is 0 Å². The van der Waals surface area contributed by atoms with Gasteiger partial charge in [-0.1, -0.05) is 23.7 Å². The minimum absolute atomic E-state index is 0.0741.